The van der Waals surface area contributed by atoms with Gasteiger partial charge in [0.2, 0.25) is 0 Å². The fourth-order valence-electron chi connectivity index (χ4n) is 0.0680. The van der Waals surface area contributed by atoms with Gasteiger partial charge in [0.15, 0.2) is 0 Å². The zero-order valence-corrected chi connectivity index (χ0v) is 7.86. The Morgan fingerprint density at radius 1 is 1.50 bits per heavy atom. The van der Waals surface area contributed by atoms with Gasteiger partial charge < -0.3 is 10.5 Å². The van der Waals surface area contributed by atoms with Crippen LogP contribution in [0.3, 0.4) is 0 Å². The molecule has 0 aliphatic carbocycles. The van der Waals surface area contributed by atoms with E-state index in [0.29, 0.717) is 0 Å². The molecule has 2 nitrogen and oxygen atoms in total. The van der Waals surface area contributed by atoms with Crippen LogP contribution in [0.5, 0.6) is 0 Å². The van der Waals surface area contributed by atoms with Crippen LogP contribution in [0.4, 0.5) is 0 Å². The van der Waals surface area contributed by atoms with Crippen LogP contribution in [0.25, 0.3) is 0 Å². The smallest absolute Gasteiger partial charge is 0.128 e. The van der Waals surface area contributed by atoms with E-state index >= 15 is 0 Å². The Hall–Kier alpha value is 0.0395. The van der Waals surface area contributed by atoms with Gasteiger partial charge in [-0.25, -0.2) is 0 Å². The molecule has 0 aromatic heterocycles. The van der Waals surface area contributed by atoms with Crippen LogP contribution in [0, 0.1) is 0 Å². The van der Waals surface area contributed by atoms with E-state index in [4.69, 9.17) is 5.73 Å². The van der Waals surface area contributed by atoms with Gasteiger partial charge >= 0.3 is 0 Å². The fourth-order valence-corrected chi connectivity index (χ4v) is 0.0680. The molecule has 5 heteroatoms. The van der Waals surface area contributed by atoms with Gasteiger partial charge in [-0.2, -0.15) is 0 Å². The van der Waals surface area contributed by atoms with Gasteiger partial charge in [-0.05, 0) is 0 Å². The Balaban J connectivity index is -0.0000000910. The second-order valence-corrected chi connectivity index (χ2v) is 2.03. The van der Waals surface area contributed by atoms with Crippen LogP contribution < -0.4 is 5.73 Å². The van der Waals surface area contributed by atoms with E-state index in [1.165, 1.54) is 12.5 Å². The van der Waals surface area contributed by atoms with Crippen molar-refractivity contribution in [3.8, 4) is 0 Å². The first-order chi connectivity index (χ1) is 4.15. The molecule has 0 atom stereocenters. The van der Waals surface area contributed by atoms with E-state index in [2.05, 4.69) is 42.7 Å². The first-order valence-electron chi connectivity index (χ1n) is 2.00. The van der Waals surface area contributed by atoms with Crippen molar-refractivity contribution in [1.82, 2.24) is 0 Å². The van der Waals surface area contributed by atoms with Gasteiger partial charge in [-0.15, -0.1) is 12.6 Å². The molecule has 0 aromatic carbocycles. The molecule has 2 N–H and O–H groups in total. The predicted octanol–water partition coefficient (Wildman–Crippen LogP) is 1.45. The summed E-state index contributed by atoms with van der Waals surface area (Å²) in [6, 6.07) is 0. The number of hydrogen-bond donors (Lipinski definition) is 2. The molecule has 0 spiro atoms. The van der Waals surface area contributed by atoms with Crippen LogP contribution in [0.2, 0.25) is 0 Å². The van der Waals surface area contributed by atoms with E-state index in [1.54, 1.807) is 0 Å². The molecule has 10 heavy (non-hydrogen) atoms. The van der Waals surface area contributed by atoms with E-state index in [-0.39, 0.29) is 21.4 Å². The van der Waals surface area contributed by atoms with Crippen molar-refractivity contribution in [3.63, 3.8) is 0 Å². The minimum absolute atomic E-state index is 0. The van der Waals surface area contributed by atoms with Crippen molar-refractivity contribution < 1.29 is 21.8 Å². The Morgan fingerprint density at radius 2 is 1.70 bits per heavy atom. The molecule has 0 aromatic rings. The molecule has 0 saturated carbocycles. The third kappa shape index (κ3) is 95.8. The molecule has 0 amide bonds. The molecule has 0 fully saturated rings. The van der Waals surface area contributed by atoms with Gasteiger partial charge in [0, 0.05) is 17.1 Å². The Morgan fingerprint density at radius 3 is 1.70 bits per heavy atom. The number of thiol groups is 1. The van der Waals surface area contributed by atoms with Crippen LogP contribution in [0.1, 0.15) is 0 Å². The average molecular weight is 227 g/mol. The minimum Gasteiger partial charge on any atom is -0.474 e. The summed E-state index contributed by atoms with van der Waals surface area (Å²) < 4.78 is 4.56. The summed E-state index contributed by atoms with van der Waals surface area (Å²) >= 11 is 7.65. The summed E-state index contributed by atoms with van der Waals surface area (Å²) in [5.41, 5.74) is 4.71. The van der Waals surface area contributed by atoms with Crippen molar-refractivity contribution in [2.45, 2.75) is 0 Å². The zero-order valence-electron chi connectivity index (χ0n) is 5.21. The number of hydrogen-bond acceptors (Lipinski definition) is 2. The van der Waals surface area contributed by atoms with Crippen molar-refractivity contribution >= 4 is 29.2 Å². The maximum absolute atomic E-state index is 4.71. The summed E-state index contributed by atoms with van der Waals surface area (Å²) in [5.74, 6) is 0. The molecule has 0 rings (SSSR count). The molecule has 0 aliphatic heterocycles. The van der Waals surface area contributed by atoms with Gasteiger partial charge in [-0.3, -0.25) is 0 Å². The summed E-state index contributed by atoms with van der Waals surface area (Å²) in [5, 5.41) is 0. The molecule has 1 radical (unpaired) electrons. The van der Waals surface area contributed by atoms with Crippen molar-refractivity contribution in [2.24, 2.45) is 5.73 Å². The Bertz CT molecular complexity index is 97.8. The van der Waals surface area contributed by atoms with E-state index in [9.17, 15) is 0 Å². The number of ether oxygens (including phenoxy) is 1. The van der Waals surface area contributed by atoms with Gasteiger partial charge in [0.05, 0.1) is 12.5 Å². The molecule has 0 saturated heterocycles. The largest absolute Gasteiger partial charge is 0.474 e. The fraction of sp³-hybridized carbons (Fsp3) is 0. The van der Waals surface area contributed by atoms with Gasteiger partial charge in [0.1, 0.15) is 4.32 Å². The molecule has 0 heterocycles. The summed E-state index contributed by atoms with van der Waals surface area (Å²) in [4.78, 5) is 0. The molecular weight excluding hydrogens is 218 g/mol. The molecule has 0 aliphatic rings. The topological polar surface area (TPSA) is 35.2 Å². The third-order valence-electron chi connectivity index (χ3n) is 0.192. The third-order valence-corrected chi connectivity index (χ3v) is 0.192. The zero-order chi connectivity index (χ0) is 7.70. The summed E-state index contributed by atoms with van der Waals surface area (Å²) in [6.07, 6.45) is 2.62. The molecular formula is C5H9CuNOS2. The van der Waals surface area contributed by atoms with Crippen molar-refractivity contribution in [3.05, 3.63) is 25.7 Å². The number of thiocarbonyl (C=S) groups is 1. The maximum atomic E-state index is 4.71. The normalized spacial score (nSPS) is 5.30. The molecule has 0 bridgehead atoms. The Labute approximate surface area is 82.4 Å². The van der Waals surface area contributed by atoms with E-state index < -0.39 is 0 Å². The van der Waals surface area contributed by atoms with Crippen molar-refractivity contribution in [1.29, 1.82) is 0 Å². The number of nitrogens with two attached hydrogens (primary N) is 1. The second-order valence-electron chi connectivity index (χ2n) is 0.808. The van der Waals surface area contributed by atoms with Gasteiger partial charge in [0.25, 0.3) is 0 Å². The Kier molecular flexibility index (Phi) is 26.5. The quantitative estimate of drug-likeness (QED) is 0.324. The molecule has 0 unspecified atom stereocenters. The van der Waals surface area contributed by atoms with Crippen LogP contribution >= 0.6 is 24.8 Å². The van der Waals surface area contributed by atoms with Gasteiger partial charge in [-0.1, -0.05) is 25.4 Å². The monoisotopic (exact) mass is 226 g/mol. The number of rotatable bonds is 2. The predicted molar refractivity (Wildman–Crippen MR) is 47.3 cm³/mol. The van der Waals surface area contributed by atoms with Crippen LogP contribution in [-0.2, 0) is 21.8 Å². The summed E-state index contributed by atoms with van der Waals surface area (Å²) in [7, 11) is 0. The SMILES string of the molecule is C=COC=C.NC(=S)S.[Cu]. The first kappa shape index (κ1) is 16.6. The van der Waals surface area contributed by atoms with E-state index in [0.717, 1.165) is 0 Å². The van der Waals surface area contributed by atoms with Crippen LogP contribution in [0.15, 0.2) is 25.7 Å². The average Bonchev–Trinajstić information content (AvgIpc) is 1.66. The first-order valence-corrected chi connectivity index (χ1v) is 2.86. The van der Waals surface area contributed by atoms with Crippen LogP contribution in [-0.4, -0.2) is 4.32 Å². The summed E-state index contributed by atoms with van der Waals surface area (Å²) in [6.45, 7) is 6.51. The second kappa shape index (κ2) is 16.0. The molecule has 63 valence electrons. The maximum Gasteiger partial charge on any atom is 0.128 e. The standard InChI is InChI=1S/C4H6O.CH3NS2.Cu/c1-3-5-4-2;2-1(3)4;/h3-4H,1-2H2;(H3,2,3,4);. The van der Waals surface area contributed by atoms with E-state index in [1.807, 2.05) is 0 Å². The minimum atomic E-state index is 0. The van der Waals surface area contributed by atoms with Crippen molar-refractivity contribution in [2.75, 3.05) is 0 Å².